The first kappa shape index (κ1) is 20.5. The quantitative estimate of drug-likeness (QED) is 0.563. The molecule has 0 spiro atoms. The van der Waals surface area contributed by atoms with Gasteiger partial charge in [-0.05, 0) is 42.5 Å². The lowest BCUT2D eigenvalue weighted by Crippen LogP contribution is -2.14. The fraction of sp³-hybridized carbons (Fsp3) is 0.190. The summed E-state index contributed by atoms with van der Waals surface area (Å²) in [4.78, 5) is 12.2. The maximum atomic E-state index is 12.2. The van der Waals surface area contributed by atoms with Crippen LogP contribution in [0.25, 0.3) is 11.3 Å². The lowest BCUT2D eigenvalue weighted by molar-refractivity contribution is -0.113. The molecule has 0 aliphatic carbocycles. The number of aromatic nitrogens is 2. The molecule has 0 bridgehead atoms. The van der Waals surface area contributed by atoms with Crippen LogP contribution in [0.4, 0.5) is 5.69 Å². The number of methoxy groups -OCH3 is 3. The van der Waals surface area contributed by atoms with E-state index in [-0.39, 0.29) is 11.7 Å². The van der Waals surface area contributed by atoms with E-state index < -0.39 is 0 Å². The number of hydrogen-bond donors (Lipinski definition) is 1. The van der Waals surface area contributed by atoms with Crippen LogP contribution in [-0.4, -0.2) is 43.2 Å². The fourth-order valence-corrected chi connectivity index (χ4v) is 3.23. The number of anilines is 1. The van der Waals surface area contributed by atoms with Gasteiger partial charge in [-0.3, -0.25) is 4.79 Å². The first-order chi connectivity index (χ1) is 14.1. The van der Waals surface area contributed by atoms with Crippen molar-refractivity contribution in [2.45, 2.75) is 5.03 Å². The van der Waals surface area contributed by atoms with Crippen LogP contribution in [0.15, 0.2) is 59.6 Å². The second-order valence-electron chi connectivity index (χ2n) is 5.86. The largest absolute Gasteiger partial charge is 0.495 e. The SMILES string of the molecule is COc1ccccc1NC(=O)CSc1ccc(-c2ccc(OC)c(OC)c2)nn1. The molecule has 0 saturated carbocycles. The Hall–Kier alpha value is -3.26. The lowest BCUT2D eigenvalue weighted by Gasteiger charge is -2.10. The topological polar surface area (TPSA) is 82.6 Å². The first-order valence-electron chi connectivity index (χ1n) is 8.76. The van der Waals surface area contributed by atoms with E-state index in [0.717, 1.165) is 5.56 Å². The molecule has 1 amide bonds. The van der Waals surface area contributed by atoms with E-state index in [0.29, 0.717) is 33.7 Å². The molecule has 1 N–H and O–H groups in total. The normalized spacial score (nSPS) is 10.3. The van der Waals surface area contributed by atoms with Gasteiger partial charge in [0.2, 0.25) is 5.91 Å². The van der Waals surface area contributed by atoms with Gasteiger partial charge in [-0.1, -0.05) is 23.9 Å². The molecule has 0 aliphatic rings. The molecule has 150 valence electrons. The van der Waals surface area contributed by atoms with E-state index in [1.807, 2.05) is 42.5 Å². The second kappa shape index (κ2) is 9.79. The van der Waals surface area contributed by atoms with Gasteiger partial charge in [0.25, 0.3) is 0 Å². The second-order valence-corrected chi connectivity index (χ2v) is 6.86. The Morgan fingerprint density at radius 1 is 0.897 bits per heavy atom. The fourth-order valence-electron chi connectivity index (χ4n) is 2.62. The van der Waals surface area contributed by atoms with Crippen molar-refractivity contribution in [3.05, 3.63) is 54.6 Å². The van der Waals surface area contributed by atoms with Crippen molar-refractivity contribution in [3.63, 3.8) is 0 Å². The van der Waals surface area contributed by atoms with Gasteiger partial charge in [0, 0.05) is 5.56 Å². The Kier molecular flexibility index (Phi) is 6.91. The van der Waals surface area contributed by atoms with Crippen molar-refractivity contribution in [2.75, 3.05) is 32.4 Å². The Bertz CT molecular complexity index is 980. The number of thioether (sulfide) groups is 1. The van der Waals surface area contributed by atoms with Gasteiger partial charge in [0.05, 0.1) is 38.5 Å². The van der Waals surface area contributed by atoms with Crippen molar-refractivity contribution < 1.29 is 19.0 Å². The minimum absolute atomic E-state index is 0.148. The summed E-state index contributed by atoms with van der Waals surface area (Å²) < 4.78 is 15.8. The van der Waals surface area contributed by atoms with Crippen LogP contribution >= 0.6 is 11.8 Å². The highest BCUT2D eigenvalue weighted by atomic mass is 32.2. The molecular weight excluding hydrogens is 390 g/mol. The summed E-state index contributed by atoms with van der Waals surface area (Å²) in [5, 5.41) is 11.9. The lowest BCUT2D eigenvalue weighted by atomic mass is 10.1. The van der Waals surface area contributed by atoms with Gasteiger partial charge < -0.3 is 19.5 Å². The van der Waals surface area contributed by atoms with E-state index in [2.05, 4.69) is 15.5 Å². The Morgan fingerprint density at radius 3 is 2.34 bits per heavy atom. The van der Waals surface area contributed by atoms with Crippen molar-refractivity contribution in [1.29, 1.82) is 0 Å². The average molecular weight is 411 g/mol. The van der Waals surface area contributed by atoms with E-state index in [1.165, 1.54) is 11.8 Å². The molecular formula is C21H21N3O4S. The molecule has 7 nitrogen and oxygen atoms in total. The minimum atomic E-state index is -0.148. The van der Waals surface area contributed by atoms with Gasteiger partial charge in [0.1, 0.15) is 10.8 Å². The molecule has 3 aromatic rings. The third kappa shape index (κ3) is 5.17. The number of benzene rings is 2. The van der Waals surface area contributed by atoms with Crippen LogP contribution < -0.4 is 19.5 Å². The molecule has 0 aliphatic heterocycles. The molecule has 0 radical (unpaired) electrons. The highest BCUT2D eigenvalue weighted by Gasteiger charge is 2.10. The standard InChI is InChI=1S/C21H21N3O4S/c1-26-17-7-5-4-6-16(17)22-20(25)13-29-21-11-9-15(23-24-21)14-8-10-18(27-2)19(12-14)28-3/h4-12H,13H2,1-3H3,(H,22,25). The van der Waals surface area contributed by atoms with Gasteiger partial charge in [0.15, 0.2) is 11.5 Å². The minimum Gasteiger partial charge on any atom is -0.495 e. The molecule has 2 aromatic carbocycles. The predicted molar refractivity (Wildman–Crippen MR) is 113 cm³/mol. The number of carbonyl (C=O) groups excluding carboxylic acids is 1. The van der Waals surface area contributed by atoms with Crippen LogP contribution in [0.2, 0.25) is 0 Å². The molecule has 1 aromatic heterocycles. The zero-order valence-electron chi connectivity index (χ0n) is 16.3. The zero-order chi connectivity index (χ0) is 20.6. The molecule has 0 unspecified atom stereocenters. The summed E-state index contributed by atoms with van der Waals surface area (Å²) in [6.45, 7) is 0. The molecule has 3 rings (SSSR count). The summed E-state index contributed by atoms with van der Waals surface area (Å²) in [6.07, 6.45) is 0. The van der Waals surface area contributed by atoms with E-state index in [9.17, 15) is 4.79 Å². The summed E-state index contributed by atoms with van der Waals surface area (Å²) in [5.74, 6) is 1.95. The van der Waals surface area contributed by atoms with Gasteiger partial charge in [-0.25, -0.2) is 0 Å². The molecule has 8 heteroatoms. The highest BCUT2D eigenvalue weighted by Crippen LogP contribution is 2.31. The van der Waals surface area contributed by atoms with Crippen LogP contribution in [0, 0.1) is 0 Å². The number of hydrogen-bond acceptors (Lipinski definition) is 7. The number of nitrogens with zero attached hydrogens (tertiary/aromatic N) is 2. The summed E-state index contributed by atoms with van der Waals surface area (Å²) in [6, 6.07) is 16.5. The van der Waals surface area contributed by atoms with Crippen molar-refractivity contribution >= 4 is 23.4 Å². The maximum absolute atomic E-state index is 12.2. The number of rotatable bonds is 8. The Balaban J connectivity index is 1.61. The van der Waals surface area contributed by atoms with E-state index in [1.54, 1.807) is 33.5 Å². The third-order valence-corrected chi connectivity index (χ3v) is 4.97. The number of nitrogens with one attached hydrogen (secondary N) is 1. The molecule has 1 heterocycles. The van der Waals surface area contributed by atoms with Crippen LogP contribution in [0.5, 0.6) is 17.2 Å². The zero-order valence-corrected chi connectivity index (χ0v) is 17.2. The number of para-hydroxylation sites is 2. The summed E-state index contributed by atoms with van der Waals surface area (Å²) in [7, 11) is 4.74. The highest BCUT2D eigenvalue weighted by molar-refractivity contribution is 7.99. The Labute approximate surface area is 173 Å². The van der Waals surface area contributed by atoms with E-state index >= 15 is 0 Å². The molecule has 29 heavy (non-hydrogen) atoms. The van der Waals surface area contributed by atoms with Crippen molar-refractivity contribution in [2.24, 2.45) is 0 Å². The van der Waals surface area contributed by atoms with Gasteiger partial charge in [-0.15, -0.1) is 10.2 Å². The van der Waals surface area contributed by atoms with Crippen LogP contribution in [-0.2, 0) is 4.79 Å². The number of ether oxygens (including phenoxy) is 3. The monoisotopic (exact) mass is 411 g/mol. The molecule has 0 saturated heterocycles. The summed E-state index contributed by atoms with van der Waals surface area (Å²) in [5.41, 5.74) is 2.20. The summed E-state index contributed by atoms with van der Waals surface area (Å²) >= 11 is 1.31. The van der Waals surface area contributed by atoms with Gasteiger partial charge in [-0.2, -0.15) is 0 Å². The maximum Gasteiger partial charge on any atom is 0.234 e. The van der Waals surface area contributed by atoms with Crippen molar-refractivity contribution in [3.8, 4) is 28.5 Å². The third-order valence-electron chi connectivity index (χ3n) is 4.05. The van der Waals surface area contributed by atoms with Gasteiger partial charge >= 0.3 is 0 Å². The molecule has 0 atom stereocenters. The molecule has 0 fully saturated rings. The van der Waals surface area contributed by atoms with Crippen LogP contribution in [0.3, 0.4) is 0 Å². The number of carbonyl (C=O) groups is 1. The van der Waals surface area contributed by atoms with E-state index in [4.69, 9.17) is 14.2 Å². The van der Waals surface area contributed by atoms with Crippen LogP contribution in [0.1, 0.15) is 0 Å². The smallest absolute Gasteiger partial charge is 0.234 e. The number of amides is 1. The Morgan fingerprint density at radius 2 is 1.66 bits per heavy atom. The average Bonchev–Trinajstić information content (AvgIpc) is 2.78. The predicted octanol–water partition coefficient (Wildman–Crippen LogP) is 3.90. The van der Waals surface area contributed by atoms with Crippen molar-refractivity contribution in [1.82, 2.24) is 10.2 Å². The first-order valence-corrected chi connectivity index (χ1v) is 9.75.